The van der Waals surface area contributed by atoms with E-state index in [1.807, 2.05) is 0 Å². The van der Waals surface area contributed by atoms with E-state index in [1.165, 1.54) is 68.0 Å². The van der Waals surface area contributed by atoms with Gasteiger partial charge in [-0.25, -0.2) is 12.7 Å². The van der Waals surface area contributed by atoms with Gasteiger partial charge in [0.2, 0.25) is 0 Å². The van der Waals surface area contributed by atoms with Gasteiger partial charge in [0, 0.05) is 27.5 Å². The maximum absolute atomic E-state index is 13.4. The van der Waals surface area contributed by atoms with Crippen molar-refractivity contribution in [1.29, 1.82) is 0 Å². The first-order valence-corrected chi connectivity index (χ1v) is 20.3. The van der Waals surface area contributed by atoms with Crippen LogP contribution in [-0.4, -0.2) is 36.3 Å². The number of sulfonamides is 1. The molecule has 3 aromatic heterocycles. The van der Waals surface area contributed by atoms with Gasteiger partial charge in [0.25, 0.3) is 15.9 Å². The second-order valence-electron chi connectivity index (χ2n) is 9.27. The number of rotatable bonds is 14. The van der Waals surface area contributed by atoms with Crippen molar-refractivity contribution in [2.24, 2.45) is 0 Å². The van der Waals surface area contributed by atoms with Crippen molar-refractivity contribution in [1.82, 2.24) is 4.31 Å². The molecule has 0 saturated heterocycles. The minimum absolute atomic E-state index is 0.170. The van der Waals surface area contributed by atoms with Crippen LogP contribution >= 0.6 is 97.7 Å². The topological polar surface area (TPSA) is 54.5 Å². The number of hydrogen-bond donors (Lipinski definition) is 0. The summed E-state index contributed by atoms with van der Waals surface area (Å²) in [6.07, 6.45) is 11.2. The van der Waals surface area contributed by atoms with Crippen LogP contribution < -0.4 is 0 Å². The smallest absolute Gasteiger partial charge is 0.268 e. The number of halogens is 4. The predicted molar refractivity (Wildman–Crippen MR) is 178 cm³/mol. The summed E-state index contributed by atoms with van der Waals surface area (Å²) in [5.74, 6) is -0.444. The van der Waals surface area contributed by atoms with E-state index in [-0.39, 0.29) is 4.90 Å². The van der Waals surface area contributed by atoms with Crippen LogP contribution in [0, 0.1) is 0 Å². The second-order valence-corrected chi connectivity index (χ2v) is 18.5. The first kappa shape index (κ1) is 31.4. The normalized spacial score (nSPS) is 14.6. The summed E-state index contributed by atoms with van der Waals surface area (Å²) in [6.45, 7) is 0. The number of unbranched alkanes of at least 4 members (excludes halogenated alkanes) is 6. The Bertz CT molecular complexity index is 1390. The van der Waals surface area contributed by atoms with Gasteiger partial charge in [-0.2, -0.15) is 0 Å². The van der Waals surface area contributed by atoms with Crippen LogP contribution in [-0.2, 0) is 22.9 Å². The highest BCUT2D eigenvalue weighted by Gasteiger charge is 2.45. The molecule has 4 rings (SSSR count). The highest BCUT2D eigenvalue weighted by molar-refractivity contribution is 9.11. The molecule has 1 aliphatic rings. The highest BCUT2D eigenvalue weighted by atomic mass is 79.9. The number of nitrogens with zero attached hydrogens (tertiary/aromatic N) is 1. The van der Waals surface area contributed by atoms with E-state index in [1.54, 1.807) is 22.7 Å². The zero-order chi connectivity index (χ0) is 27.4. The van der Waals surface area contributed by atoms with Crippen molar-refractivity contribution in [3.8, 4) is 19.5 Å². The van der Waals surface area contributed by atoms with Crippen LogP contribution in [0.25, 0.3) is 19.5 Å². The van der Waals surface area contributed by atoms with Crippen molar-refractivity contribution in [3.05, 3.63) is 36.4 Å². The summed E-state index contributed by atoms with van der Waals surface area (Å²) in [5, 5.41) is 2.07. The number of hydrogen-bond acceptors (Lipinski definition) is 6. The van der Waals surface area contributed by atoms with Gasteiger partial charge < -0.3 is 0 Å². The van der Waals surface area contributed by atoms with Crippen molar-refractivity contribution < 1.29 is 13.2 Å². The number of carbonyl (C=O) groups excluding carboxylic acids is 1. The van der Waals surface area contributed by atoms with Gasteiger partial charge in [-0.3, -0.25) is 4.79 Å². The summed E-state index contributed by atoms with van der Waals surface area (Å²) in [7, 11) is -2.52. The van der Waals surface area contributed by atoms with E-state index in [0.717, 1.165) is 62.9 Å². The molecular formula is C26H29Br4NO3S4. The maximum atomic E-state index is 13.4. The van der Waals surface area contributed by atoms with E-state index in [9.17, 15) is 13.2 Å². The summed E-state index contributed by atoms with van der Waals surface area (Å²) >= 11 is 19.0. The Hall–Kier alpha value is 0.440. The molecule has 0 N–H and O–H groups in total. The average Bonchev–Trinajstić information content (AvgIpc) is 3.60. The van der Waals surface area contributed by atoms with Crippen molar-refractivity contribution >= 4 is 114 Å². The van der Waals surface area contributed by atoms with Crippen LogP contribution in [0.2, 0.25) is 0 Å². The van der Waals surface area contributed by atoms with Gasteiger partial charge >= 0.3 is 0 Å². The predicted octanol–water partition coefficient (Wildman–Crippen LogP) is 10.5. The molecule has 4 nitrogen and oxygen atoms in total. The van der Waals surface area contributed by atoms with Crippen molar-refractivity contribution in [2.75, 3.05) is 17.7 Å². The Morgan fingerprint density at radius 1 is 0.737 bits per heavy atom. The molecule has 0 atom stereocenters. The molecule has 0 saturated carbocycles. The minimum Gasteiger partial charge on any atom is -0.268 e. The molecule has 0 fully saturated rings. The Morgan fingerprint density at radius 3 is 1.71 bits per heavy atom. The number of amides is 1. The quantitative estimate of drug-likeness (QED) is 0.120. The lowest BCUT2D eigenvalue weighted by molar-refractivity contribution is 0.0892. The van der Waals surface area contributed by atoms with Gasteiger partial charge in [0.05, 0.1) is 22.9 Å². The van der Waals surface area contributed by atoms with Crippen LogP contribution in [0.15, 0.2) is 24.6 Å². The van der Waals surface area contributed by atoms with E-state index >= 15 is 0 Å². The van der Waals surface area contributed by atoms with Crippen LogP contribution in [0.4, 0.5) is 0 Å². The van der Waals surface area contributed by atoms with Crippen molar-refractivity contribution in [2.45, 2.75) is 69.1 Å². The molecular weight excluding hydrogens is 822 g/mol. The summed E-state index contributed by atoms with van der Waals surface area (Å²) in [6, 6.07) is 4.24. The van der Waals surface area contributed by atoms with Crippen molar-refractivity contribution in [3.63, 3.8) is 0 Å². The Morgan fingerprint density at radius 2 is 1.21 bits per heavy atom. The minimum atomic E-state index is -3.89. The Kier molecular flexibility index (Phi) is 11.6. The standard InChI is InChI=1S/C26H29Br4NO3S4/c1-31-26(32)20-21(18-14-16(24(29)35-18)10-6-2-4-8-12-27)37-22(23(20)38(31,33)34)19-15-17(25(30)36-19)11-7-3-5-9-13-28/h14-15H,2-13H2,1H3. The van der Waals surface area contributed by atoms with E-state index in [2.05, 4.69) is 75.9 Å². The largest absolute Gasteiger partial charge is 0.270 e. The molecule has 0 aliphatic carbocycles. The van der Waals surface area contributed by atoms with E-state index < -0.39 is 15.9 Å². The fourth-order valence-electron chi connectivity index (χ4n) is 4.50. The van der Waals surface area contributed by atoms with Gasteiger partial charge in [-0.1, -0.05) is 57.5 Å². The molecule has 3 aromatic rings. The van der Waals surface area contributed by atoms with Crippen LogP contribution in [0.5, 0.6) is 0 Å². The summed E-state index contributed by atoms with van der Waals surface area (Å²) in [5.41, 5.74) is 2.74. The molecule has 208 valence electrons. The summed E-state index contributed by atoms with van der Waals surface area (Å²) < 4.78 is 29.8. The number of fused-ring (bicyclic) bond motifs is 1. The highest BCUT2D eigenvalue weighted by Crippen LogP contribution is 2.53. The second kappa shape index (κ2) is 14.1. The van der Waals surface area contributed by atoms with E-state index in [0.29, 0.717) is 10.4 Å². The molecule has 0 bridgehead atoms. The average molecular weight is 851 g/mol. The van der Waals surface area contributed by atoms with Crippen LogP contribution in [0.3, 0.4) is 0 Å². The third kappa shape index (κ3) is 6.73. The molecule has 38 heavy (non-hydrogen) atoms. The van der Waals surface area contributed by atoms with Gasteiger partial charge in [0.15, 0.2) is 0 Å². The lowest BCUT2D eigenvalue weighted by atomic mass is 10.1. The molecule has 1 amide bonds. The molecule has 12 heteroatoms. The zero-order valence-electron chi connectivity index (χ0n) is 21.0. The first-order chi connectivity index (χ1) is 18.2. The fraction of sp³-hybridized carbons (Fsp3) is 0.500. The van der Waals surface area contributed by atoms with Gasteiger partial charge in [-0.15, -0.1) is 34.0 Å². The third-order valence-corrected chi connectivity index (χ3v) is 15.1. The fourth-order valence-corrected chi connectivity index (χ4v) is 12.2. The molecule has 0 radical (unpaired) electrons. The molecule has 0 spiro atoms. The van der Waals surface area contributed by atoms with Gasteiger partial charge in [-0.05, 0) is 93.6 Å². The Balaban J connectivity index is 1.67. The van der Waals surface area contributed by atoms with Crippen LogP contribution in [0.1, 0.15) is 72.9 Å². The first-order valence-electron chi connectivity index (χ1n) is 12.6. The monoisotopic (exact) mass is 847 g/mol. The molecule has 0 aromatic carbocycles. The molecule has 0 unspecified atom stereocenters. The van der Waals surface area contributed by atoms with E-state index in [4.69, 9.17) is 0 Å². The molecule has 4 heterocycles. The summed E-state index contributed by atoms with van der Waals surface area (Å²) in [4.78, 5) is 16.7. The Labute approximate surface area is 271 Å². The maximum Gasteiger partial charge on any atom is 0.270 e. The third-order valence-electron chi connectivity index (χ3n) is 6.60. The number of alkyl halides is 2. The number of carbonyl (C=O) groups is 1. The zero-order valence-corrected chi connectivity index (χ0v) is 30.6. The number of aryl methyl sites for hydroxylation is 2. The molecule has 1 aliphatic heterocycles. The lowest BCUT2D eigenvalue weighted by Crippen LogP contribution is -2.25. The number of thiophene rings is 3. The SMILES string of the molecule is CN1C(=O)c2c(-c3cc(CCCCCCBr)c(Br)s3)sc(-c3cc(CCCCCCBr)c(Br)s3)c2S1(=O)=O. The van der Waals surface area contributed by atoms with Gasteiger partial charge in [0.1, 0.15) is 4.90 Å². The lowest BCUT2D eigenvalue weighted by Gasteiger charge is -2.08.